The lowest BCUT2D eigenvalue weighted by Gasteiger charge is -2.22. The van der Waals surface area contributed by atoms with Gasteiger partial charge in [-0.1, -0.05) is 31.4 Å². The van der Waals surface area contributed by atoms with Gasteiger partial charge in [-0.3, -0.25) is 4.68 Å². The molecule has 3 nitrogen and oxygen atoms in total. The van der Waals surface area contributed by atoms with E-state index in [1.807, 2.05) is 10.9 Å². The molecule has 0 unspecified atom stereocenters. The highest BCUT2D eigenvalue weighted by atomic mass is 35.5. The van der Waals surface area contributed by atoms with Crippen LogP contribution in [0.2, 0.25) is 5.15 Å². The van der Waals surface area contributed by atoms with Gasteiger partial charge in [0, 0.05) is 23.9 Å². The molecule has 0 bridgehead atoms. The fourth-order valence-corrected chi connectivity index (χ4v) is 3.42. The molecule has 0 radical (unpaired) electrons. The molecule has 0 aromatic carbocycles. The minimum absolute atomic E-state index is 0.0874. The van der Waals surface area contributed by atoms with Crippen LogP contribution in [-0.4, -0.2) is 14.8 Å². The number of aromatic nitrogens is 3. The van der Waals surface area contributed by atoms with Gasteiger partial charge in [0.1, 0.15) is 10.8 Å². The molecular weight excluding hydrogens is 308 g/mol. The Hall–Kier alpha value is -1.49. The monoisotopic (exact) mass is 325 g/mol. The van der Waals surface area contributed by atoms with Crippen LogP contribution in [0.3, 0.4) is 0 Å². The normalized spacial score (nSPS) is 17.3. The third kappa shape index (κ3) is 3.14. The molecule has 1 aliphatic rings. The summed E-state index contributed by atoms with van der Waals surface area (Å²) in [6.45, 7) is 3.15. The first-order valence-corrected chi connectivity index (χ1v) is 7.82. The van der Waals surface area contributed by atoms with Gasteiger partial charge >= 0.3 is 0 Å². The van der Waals surface area contributed by atoms with Gasteiger partial charge in [0.05, 0.1) is 6.20 Å². The SMILES string of the molecule is CC1(Cn2cc(-c3ccc(C(F)F)nc3Cl)cn2)CCCC1. The van der Waals surface area contributed by atoms with Crippen molar-refractivity contribution in [3.63, 3.8) is 0 Å². The minimum atomic E-state index is -2.61. The molecule has 2 aromatic heterocycles. The zero-order valence-corrected chi connectivity index (χ0v) is 13.2. The van der Waals surface area contributed by atoms with Crippen molar-refractivity contribution in [3.8, 4) is 11.1 Å². The summed E-state index contributed by atoms with van der Waals surface area (Å²) in [7, 11) is 0. The first-order valence-electron chi connectivity index (χ1n) is 7.44. The molecule has 2 aromatic rings. The Balaban J connectivity index is 1.81. The van der Waals surface area contributed by atoms with Crippen LogP contribution in [-0.2, 0) is 6.54 Å². The van der Waals surface area contributed by atoms with E-state index >= 15 is 0 Å². The molecule has 118 valence electrons. The van der Waals surface area contributed by atoms with Crippen molar-refractivity contribution >= 4 is 11.6 Å². The van der Waals surface area contributed by atoms with Crippen LogP contribution in [0.5, 0.6) is 0 Å². The van der Waals surface area contributed by atoms with Gasteiger partial charge in [0.2, 0.25) is 0 Å². The standard InChI is InChI=1S/C16H18ClF2N3/c1-16(6-2-3-7-16)10-22-9-11(8-20-22)12-4-5-13(15(18)19)21-14(12)17/h4-5,8-9,15H,2-3,6-7,10H2,1H3. The lowest BCUT2D eigenvalue weighted by Crippen LogP contribution is -2.19. The highest BCUT2D eigenvalue weighted by Crippen LogP contribution is 2.39. The zero-order valence-electron chi connectivity index (χ0n) is 12.4. The lowest BCUT2D eigenvalue weighted by atomic mass is 9.89. The van der Waals surface area contributed by atoms with E-state index < -0.39 is 6.43 Å². The van der Waals surface area contributed by atoms with Gasteiger partial charge < -0.3 is 0 Å². The van der Waals surface area contributed by atoms with E-state index in [1.54, 1.807) is 12.3 Å². The largest absolute Gasteiger partial charge is 0.280 e. The zero-order chi connectivity index (χ0) is 15.7. The Morgan fingerprint density at radius 1 is 1.32 bits per heavy atom. The molecule has 0 N–H and O–H groups in total. The fourth-order valence-electron chi connectivity index (χ4n) is 3.15. The molecule has 3 rings (SSSR count). The first kappa shape index (κ1) is 15.4. The summed E-state index contributed by atoms with van der Waals surface area (Å²) in [5, 5.41) is 4.47. The number of pyridine rings is 1. The molecule has 0 spiro atoms. The Kier molecular flexibility index (Phi) is 4.17. The van der Waals surface area contributed by atoms with E-state index in [0.29, 0.717) is 11.0 Å². The van der Waals surface area contributed by atoms with Crippen LogP contribution in [0.1, 0.15) is 44.7 Å². The van der Waals surface area contributed by atoms with E-state index in [1.165, 1.54) is 31.7 Å². The lowest BCUT2D eigenvalue weighted by molar-refractivity contribution is 0.146. The van der Waals surface area contributed by atoms with Gasteiger partial charge in [-0.25, -0.2) is 13.8 Å². The Labute approximate surface area is 133 Å². The molecule has 6 heteroatoms. The van der Waals surface area contributed by atoms with E-state index in [0.717, 1.165) is 12.1 Å². The van der Waals surface area contributed by atoms with Crippen molar-refractivity contribution in [2.45, 2.75) is 45.6 Å². The number of hydrogen-bond acceptors (Lipinski definition) is 2. The van der Waals surface area contributed by atoms with Gasteiger partial charge in [0.25, 0.3) is 6.43 Å². The van der Waals surface area contributed by atoms with Crippen molar-refractivity contribution in [1.29, 1.82) is 0 Å². The molecule has 2 heterocycles. The Bertz CT molecular complexity index is 663. The molecule has 0 atom stereocenters. The second-order valence-electron chi connectivity index (χ2n) is 6.32. The quantitative estimate of drug-likeness (QED) is 0.731. The first-order chi connectivity index (χ1) is 10.5. The summed E-state index contributed by atoms with van der Waals surface area (Å²) in [5.74, 6) is 0. The highest BCUT2D eigenvalue weighted by Gasteiger charge is 2.29. The average molecular weight is 326 g/mol. The van der Waals surface area contributed by atoms with Gasteiger partial charge in [-0.2, -0.15) is 5.10 Å². The van der Waals surface area contributed by atoms with E-state index in [-0.39, 0.29) is 10.8 Å². The van der Waals surface area contributed by atoms with Gasteiger partial charge in [0.15, 0.2) is 0 Å². The van der Waals surface area contributed by atoms with Crippen LogP contribution in [0, 0.1) is 5.41 Å². The number of rotatable bonds is 4. The number of nitrogens with zero attached hydrogens (tertiary/aromatic N) is 3. The third-order valence-corrected chi connectivity index (χ3v) is 4.68. The molecule has 1 saturated carbocycles. The predicted octanol–water partition coefficient (Wildman–Crippen LogP) is 5.12. The van der Waals surface area contributed by atoms with Crippen molar-refractivity contribution in [2.24, 2.45) is 5.41 Å². The Morgan fingerprint density at radius 3 is 2.68 bits per heavy atom. The molecular formula is C16H18ClF2N3. The molecule has 0 saturated heterocycles. The summed E-state index contributed by atoms with van der Waals surface area (Å²) >= 11 is 6.03. The summed E-state index contributed by atoms with van der Waals surface area (Å²) in [6, 6.07) is 2.89. The Morgan fingerprint density at radius 2 is 2.05 bits per heavy atom. The maximum absolute atomic E-state index is 12.6. The smallest absolute Gasteiger partial charge is 0.272 e. The summed E-state index contributed by atoms with van der Waals surface area (Å²) in [6.07, 6.45) is 5.99. The minimum Gasteiger partial charge on any atom is -0.272 e. The maximum atomic E-state index is 12.6. The van der Waals surface area contributed by atoms with Crippen molar-refractivity contribution in [2.75, 3.05) is 0 Å². The maximum Gasteiger partial charge on any atom is 0.280 e. The summed E-state index contributed by atoms with van der Waals surface area (Å²) in [4.78, 5) is 3.75. The third-order valence-electron chi connectivity index (χ3n) is 4.39. The van der Waals surface area contributed by atoms with Crippen LogP contribution >= 0.6 is 11.6 Å². The fraction of sp³-hybridized carbons (Fsp3) is 0.500. The van der Waals surface area contributed by atoms with Crippen molar-refractivity contribution < 1.29 is 8.78 Å². The molecule has 22 heavy (non-hydrogen) atoms. The number of alkyl halides is 2. The second kappa shape index (κ2) is 5.95. The number of halogens is 3. The molecule has 1 fully saturated rings. The highest BCUT2D eigenvalue weighted by molar-refractivity contribution is 6.32. The van der Waals surface area contributed by atoms with Crippen molar-refractivity contribution in [1.82, 2.24) is 14.8 Å². The molecule has 0 amide bonds. The van der Waals surface area contributed by atoms with Gasteiger partial charge in [-0.05, 0) is 30.4 Å². The van der Waals surface area contributed by atoms with Crippen LogP contribution < -0.4 is 0 Å². The topological polar surface area (TPSA) is 30.7 Å². The molecule has 1 aliphatic carbocycles. The van der Waals surface area contributed by atoms with Crippen LogP contribution in [0.4, 0.5) is 8.78 Å². The van der Waals surface area contributed by atoms with E-state index in [4.69, 9.17) is 11.6 Å². The van der Waals surface area contributed by atoms with E-state index in [2.05, 4.69) is 17.0 Å². The van der Waals surface area contributed by atoms with Crippen molar-refractivity contribution in [3.05, 3.63) is 35.4 Å². The molecule has 0 aliphatic heterocycles. The summed E-state index contributed by atoms with van der Waals surface area (Å²) in [5.41, 5.74) is 1.43. The van der Waals surface area contributed by atoms with Gasteiger partial charge in [-0.15, -0.1) is 0 Å². The van der Waals surface area contributed by atoms with Crippen LogP contribution in [0.25, 0.3) is 11.1 Å². The summed E-state index contributed by atoms with van der Waals surface area (Å²) < 4.78 is 27.1. The number of hydrogen-bond donors (Lipinski definition) is 0. The second-order valence-corrected chi connectivity index (χ2v) is 6.68. The average Bonchev–Trinajstić information content (AvgIpc) is 3.08. The van der Waals surface area contributed by atoms with Crippen LogP contribution in [0.15, 0.2) is 24.5 Å². The predicted molar refractivity (Wildman–Crippen MR) is 82.0 cm³/mol. The van der Waals surface area contributed by atoms with E-state index in [9.17, 15) is 8.78 Å².